The van der Waals surface area contributed by atoms with Gasteiger partial charge in [0.05, 0.1) is 5.69 Å². The van der Waals surface area contributed by atoms with Crippen molar-refractivity contribution in [3.63, 3.8) is 0 Å². The second kappa shape index (κ2) is 5.04. The molecule has 0 atom stereocenters. The van der Waals surface area contributed by atoms with Crippen molar-refractivity contribution in [1.82, 2.24) is 0 Å². The first-order valence-electron chi connectivity index (χ1n) is 5.61. The van der Waals surface area contributed by atoms with Crippen molar-refractivity contribution in [2.45, 2.75) is 13.5 Å². The average molecular weight is 248 g/mol. The summed E-state index contributed by atoms with van der Waals surface area (Å²) in [6, 6.07) is 9.61. The minimum Gasteiger partial charge on any atom is -0.398 e. The Hall–Kier alpha value is -2.10. The maximum Gasteiger partial charge on any atom is 0.146 e. The third kappa shape index (κ3) is 2.59. The summed E-state index contributed by atoms with van der Waals surface area (Å²) >= 11 is 0. The highest BCUT2D eigenvalue weighted by atomic mass is 19.1. The van der Waals surface area contributed by atoms with E-state index in [0.29, 0.717) is 12.2 Å². The minimum atomic E-state index is -0.469. The van der Waals surface area contributed by atoms with Crippen LogP contribution >= 0.6 is 0 Å². The maximum atomic E-state index is 13.6. The van der Waals surface area contributed by atoms with E-state index in [1.54, 1.807) is 6.07 Å². The summed E-state index contributed by atoms with van der Waals surface area (Å²) in [6.07, 6.45) is 0. The van der Waals surface area contributed by atoms with Gasteiger partial charge in [-0.25, -0.2) is 8.78 Å². The number of nitrogen functional groups attached to an aromatic ring is 1. The lowest BCUT2D eigenvalue weighted by molar-refractivity contribution is 0.594. The van der Waals surface area contributed by atoms with E-state index in [4.69, 9.17) is 5.73 Å². The Morgan fingerprint density at radius 2 is 1.83 bits per heavy atom. The van der Waals surface area contributed by atoms with Gasteiger partial charge in [-0.1, -0.05) is 18.2 Å². The quantitative estimate of drug-likeness (QED) is 0.816. The zero-order chi connectivity index (χ0) is 13.1. The number of rotatable bonds is 3. The van der Waals surface area contributed by atoms with E-state index in [0.717, 1.165) is 11.6 Å². The average Bonchev–Trinajstić information content (AvgIpc) is 2.34. The van der Waals surface area contributed by atoms with Gasteiger partial charge in [-0.3, -0.25) is 0 Å². The van der Waals surface area contributed by atoms with Crippen LogP contribution in [0.5, 0.6) is 0 Å². The Bertz CT molecular complexity index is 568. The summed E-state index contributed by atoms with van der Waals surface area (Å²) in [7, 11) is 0. The second-order valence-corrected chi connectivity index (χ2v) is 4.13. The monoisotopic (exact) mass is 248 g/mol. The number of para-hydroxylation sites is 1. The molecule has 94 valence electrons. The van der Waals surface area contributed by atoms with Gasteiger partial charge in [0.15, 0.2) is 0 Å². The Kier molecular flexibility index (Phi) is 3.46. The van der Waals surface area contributed by atoms with Gasteiger partial charge in [-0.15, -0.1) is 0 Å². The highest BCUT2D eigenvalue weighted by Gasteiger charge is 2.07. The Morgan fingerprint density at radius 1 is 1.11 bits per heavy atom. The fourth-order valence-corrected chi connectivity index (χ4v) is 1.67. The fourth-order valence-electron chi connectivity index (χ4n) is 1.67. The Morgan fingerprint density at radius 3 is 2.56 bits per heavy atom. The maximum absolute atomic E-state index is 13.6. The first-order valence-corrected chi connectivity index (χ1v) is 5.61. The molecule has 2 rings (SSSR count). The molecule has 0 bridgehead atoms. The molecule has 4 heteroatoms. The fraction of sp³-hybridized carbons (Fsp3) is 0.143. The molecule has 0 amide bonds. The first-order chi connectivity index (χ1) is 8.58. The lowest BCUT2D eigenvalue weighted by atomic mass is 10.1. The van der Waals surface area contributed by atoms with Gasteiger partial charge < -0.3 is 11.1 Å². The van der Waals surface area contributed by atoms with E-state index in [-0.39, 0.29) is 11.3 Å². The highest BCUT2D eigenvalue weighted by molar-refractivity contribution is 5.51. The SMILES string of the molecule is Cc1cc(F)c(NCc2ccccc2N)cc1F. The number of aryl methyl sites for hydroxylation is 1. The van der Waals surface area contributed by atoms with Gasteiger partial charge in [0.2, 0.25) is 0 Å². The molecule has 0 aliphatic rings. The predicted octanol–water partition coefficient (Wildman–Crippen LogP) is 3.47. The van der Waals surface area contributed by atoms with Gasteiger partial charge in [-0.05, 0) is 30.2 Å². The van der Waals surface area contributed by atoms with Crippen LogP contribution in [0.1, 0.15) is 11.1 Å². The molecule has 0 fully saturated rings. The van der Waals surface area contributed by atoms with Crippen LogP contribution in [0.3, 0.4) is 0 Å². The number of halogens is 2. The third-order valence-electron chi connectivity index (χ3n) is 2.77. The standard InChI is InChI=1S/C14H14F2N2/c1-9-6-12(16)14(7-11(9)15)18-8-10-4-2-3-5-13(10)17/h2-7,18H,8,17H2,1H3. The molecule has 0 saturated carbocycles. The van der Waals surface area contributed by atoms with E-state index in [1.807, 2.05) is 18.2 Å². The molecule has 18 heavy (non-hydrogen) atoms. The zero-order valence-corrected chi connectivity index (χ0v) is 10.0. The van der Waals surface area contributed by atoms with E-state index in [1.165, 1.54) is 13.0 Å². The van der Waals surface area contributed by atoms with Crippen LogP contribution in [0, 0.1) is 18.6 Å². The summed E-state index contributed by atoms with van der Waals surface area (Å²) in [5.41, 5.74) is 7.67. The van der Waals surface area contributed by atoms with Crippen LogP contribution in [-0.2, 0) is 6.54 Å². The molecule has 0 aliphatic carbocycles. The second-order valence-electron chi connectivity index (χ2n) is 4.13. The minimum absolute atomic E-state index is 0.140. The smallest absolute Gasteiger partial charge is 0.146 e. The van der Waals surface area contributed by atoms with Gasteiger partial charge >= 0.3 is 0 Å². The normalized spacial score (nSPS) is 10.4. The third-order valence-corrected chi connectivity index (χ3v) is 2.77. The first kappa shape index (κ1) is 12.4. The zero-order valence-electron chi connectivity index (χ0n) is 10.0. The molecule has 3 N–H and O–H groups in total. The van der Waals surface area contributed by atoms with Crippen LogP contribution in [0.2, 0.25) is 0 Å². The summed E-state index contributed by atoms with van der Waals surface area (Å²) in [6.45, 7) is 1.88. The lowest BCUT2D eigenvalue weighted by Crippen LogP contribution is -2.05. The van der Waals surface area contributed by atoms with E-state index >= 15 is 0 Å². The van der Waals surface area contributed by atoms with E-state index in [9.17, 15) is 8.78 Å². The van der Waals surface area contributed by atoms with E-state index in [2.05, 4.69) is 5.32 Å². The number of hydrogen-bond donors (Lipinski definition) is 2. The van der Waals surface area contributed by atoms with E-state index < -0.39 is 11.6 Å². The van der Waals surface area contributed by atoms with Crippen molar-refractivity contribution in [2.24, 2.45) is 0 Å². The Balaban J connectivity index is 2.16. The van der Waals surface area contributed by atoms with Crippen LogP contribution in [0.25, 0.3) is 0 Å². The molecule has 0 unspecified atom stereocenters. The Labute approximate surface area is 104 Å². The van der Waals surface area contributed by atoms with Crippen molar-refractivity contribution in [3.8, 4) is 0 Å². The van der Waals surface area contributed by atoms with Gasteiger partial charge in [0, 0.05) is 18.3 Å². The molecule has 0 heterocycles. The summed E-state index contributed by atoms with van der Waals surface area (Å²) < 4.78 is 26.9. The summed E-state index contributed by atoms with van der Waals surface area (Å²) in [5.74, 6) is -0.900. The molecule has 2 nitrogen and oxygen atoms in total. The van der Waals surface area contributed by atoms with Crippen LogP contribution < -0.4 is 11.1 Å². The molecule has 0 saturated heterocycles. The van der Waals surface area contributed by atoms with Crippen LogP contribution in [0.4, 0.5) is 20.2 Å². The molecule has 2 aromatic rings. The highest BCUT2D eigenvalue weighted by Crippen LogP contribution is 2.20. The molecular formula is C14H14F2N2. The number of nitrogens with one attached hydrogen (secondary N) is 1. The molecular weight excluding hydrogens is 234 g/mol. The van der Waals surface area contributed by atoms with Crippen molar-refractivity contribution < 1.29 is 8.78 Å². The molecule has 0 spiro atoms. The van der Waals surface area contributed by atoms with Gasteiger partial charge in [-0.2, -0.15) is 0 Å². The molecule has 0 aromatic heterocycles. The molecule has 0 radical (unpaired) electrons. The number of benzene rings is 2. The lowest BCUT2D eigenvalue weighted by Gasteiger charge is -2.10. The number of nitrogens with two attached hydrogens (primary N) is 1. The predicted molar refractivity (Wildman–Crippen MR) is 69.3 cm³/mol. The van der Waals surface area contributed by atoms with Gasteiger partial charge in [0.25, 0.3) is 0 Å². The van der Waals surface area contributed by atoms with Crippen molar-refractivity contribution in [2.75, 3.05) is 11.1 Å². The summed E-state index contributed by atoms with van der Waals surface area (Å²) in [4.78, 5) is 0. The molecule has 0 aliphatic heterocycles. The largest absolute Gasteiger partial charge is 0.398 e. The van der Waals surface area contributed by atoms with Crippen molar-refractivity contribution in [3.05, 3.63) is 59.2 Å². The van der Waals surface area contributed by atoms with Gasteiger partial charge in [0.1, 0.15) is 11.6 Å². The van der Waals surface area contributed by atoms with Crippen molar-refractivity contribution in [1.29, 1.82) is 0 Å². The summed E-state index contributed by atoms with van der Waals surface area (Å²) in [5, 5.41) is 2.84. The molecule has 2 aromatic carbocycles. The van der Waals surface area contributed by atoms with Crippen LogP contribution in [-0.4, -0.2) is 0 Å². The number of anilines is 2. The number of hydrogen-bond acceptors (Lipinski definition) is 2. The topological polar surface area (TPSA) is 38.0 Å². The van der Waals surface area contributed by atoms with Crippen molar-refractivity contribution >= 4 is 11.4 Å². The van der Waals surface area contributed by atoms with Crippen LogP contribution in [0.15, 0.2) is 36.4 Å².